The number of aromatic nitrogens is 1. The Morgan fingerprint density at radius 2 is 2.05 bits per heavy atom. The van der Waals surface area contributed by atoms with Crippen LogP contribution in [0.15, 0.2) is 42.7 Å². The molecule has 4 rings (SSSR count). The smallest absolute Gasteiger partial charge is 0.170 e. The Morgan fingerprint density at radius 3 is 2.85 bits per heavy atom. The molecular weight excluding hydrogens is 359 g/mol. The molecule has 2 nitrogen and oxygen atoms in total. The molecule has 0 spiro atoms. The minimum atomic E-state index is 0. The highest BCUT2D eigenvalue weighted by atomic mass is 127. The third-order valence-electron chi connectivity index (χ3n) is 4.81. The predicted octanol–water partition coefficient (Wildman–Crippen LogP) is 0.268. The largest absolute Gasteiger partial charge is 1.00 e. The van der Waals surface area contributed by atoms with Gasteiger partial charge in [-0.15, -0.1) is 0 Å². The maximum absolute atomic E-state index is 3.75. The number of halogens is 1. The summed E-state index contributed by atoms with van der Waals surface area (Å²) in [7, 11) is 0. The van der Waals surface area contributed by atoms with Crippen molar-refractivity contribution in [1.29, 1.82) is 0 Å². The van der Waals surface area contributed by atoms with Crippen LogP contribution in [-0.4, -0.2) is 6.04 Å². The van der Waals surface area contributed by atoms with Gasteiger partial charge in [-0.25, -0.2) is 4.98 Å². The van der Waals surface area contributed by atoms with Gasteiger partial charge in [0.2, 0.25) is 0 Å². The van der Waals surface area contributed by atoms with Crippen LogP contribution in [0.3, 0.4) is 0 Å². The summed E-state index contributed by atoms with van der Waals surface area (Å²) in [6, 6.07) is 11.7. The molecule has 1 fully saturated rings. The summed E-state index contributed by atoms with van der Waals surface area (Å²) in [5, 5.41) is 3.75. The first-order chi connectivity index (χ1) is 9.34. The number of pyridine rings is 1. The summed E-state index contributed by atoms with van der Waals surface area (Å²) in [6.07, 6.45) is 6.72. The number of anilines is 1. The minimum absolute atomic E-state index is 0. The third kappa shape index (κ3) is 2.03. The minimum Gasteiger partial charge on any atom is -1.00 e. The van der Waals surface area contributed by atoms with Crippen LogP contribution in [0.4, 0.5) is 5.69 Å². The van der Waals surface area contributed by atoms with E-state index < -0.39 is 0 Å². The summed E-state index contributed by atoms with van der Waals surface area (Å²) in [5.41, 5.74) is 5.75. The molecule has 2 aliphatic rings. The van der Waals surface area contributed by atoms with Crippen molar-refractivity contribution in [3.05, 3.63) is 59.4 Å². The molecule has 1 aromatic heterocycles. The van der Waals surface area contributed by atoms with Crippen LogP contribution < -0.4 is 34.3 Å². The molecule has 0 saturated heterocycles. The number of aryl methyl sites for hydroxylation is 1. The fourth-order valence-electron chi connectivity index (χ4n) is 3.96. The monoisotopic (exact) mass is 378 g/mol. The highest BCUT2D eigenvalue weighted by Crippen LogP contribution is 2.53. The van der Waals surface area contributed by atoms with Gasteiger partial charge in [-0.2, -0.15) is 0 Å². The van der Waals surface area contributed by atoms with E-state index in [-0.39, 0.29) is 24.0 Å². The number of hydrogen-bond acceptors (Lipinski definition) is 1. The zero-order valence-corrected chi connectivity index (χ0v) is 13.7. The van der Waals surface area contributed by atoms with Crippen molar-refractivity contribution < 1.29 is 29.0 Å². The Labute approximate surface area is 137 Å². The zero-order chi connectivity index (χ0) is 12.8. The summed E-state index contributed by atoms with van der Waals surface area (Å²) < 4.78 is 0. The van der Waals surface area contributed by atoms with Gasteiger partial charge >= 0.3 is 0 Å². The average Bonchev–Trinajstić information content (AvgIpc) is 3.00. The SMILES string of the molecule is Cc1cccc2c1NC1CCC(c3ccc[nH+]c3)C21.[I-]. The normalized spacial score (nSPS) is 26.4. The number of benzene rings is 1. The molecule has 20 heavy (non-hydrogen) atoms. The number of hydrogen-bond donors (Lipinski definition) is 1. The van der Waals surface area contributed by atoms with E-state index in [2.05, 4.69) is 53.8 Å². The molecule has 0 amide bonds. The van der Waals surface area contributed by atoms with Crippen molar-refractivity contribution in [3.63, 3.8) is 0 Å². The third-order valence-corrected chi connectivity index (χ3v) is 4.81. The lowest BCUT2D eigenvalue weighted by Gasteiger charge is -2.18. The van der Waals surface area contributed by atoms with Gasteiger partial charge in [-0.1, -0.05) is 18.2 Å². The Kier molecular flexibility index (Phi) is 3.71. The van der Waals surface area contributed by atoms with Crippen LogP contribution in [0.1, 0.15) is 41.4 Å². The lowest BCUT2D eigenvalue weighted by atomic mass is 9.84. The first kappa shape index (κ1) is 13.9. The molecule has 1 aromatic carbocycles. The zero-order valence-electron chi connectivity index (χ0n) is 11.6. The number of aromatic amines is 1. The molecule has 2 heterocycles. The molecule has 2 aromatic rings. The van der Waals surface area contributed by atoms with Crippen molar-refractivity contribution in [2.24, 2.45) is 0 Å². The van der Waals surface area contributed by atoms with E-state index in [0.29, 0.717) is 17.9 Å². The van der Waals surface area contributed by atoms with Crippen molar-refractivity contribution in [2.45, 2.75) is 37.6 Å². The molecule has 3 atom stereocenters. The molecular formula is C17H19IN2. The standard InChI is InChI=1S/C17H18N2.HI/c1-11-4-2-6-14-16-13(12-5-3-9-18-10-12)7-8-15(16)19-17(11)14;/h2-6,9-10,13,15-16,19H,7-8H2,1H3;1H. The summed E-state index contributed by atoms with van der Waals surface area (Å²) in [5.74, 6) is 1.30. The van der Waals surface area contributed by atoms with Crippen LogP contribution in [0.25, 0.3) is 0 Å². The maximum Gasteiger partial charge on any atom is 0.170 e. The van der Waals surface area contributed by atoms with Gasteiger partial charge < -0.3 is 29.3 Å². The molecule has 3 heteroatoms. The van der Waals surface area contributed by atoms with Crippen molar-refractivity contribution in [2.75, 3.05) is 5.32 Å². The van der Waals surface area contributed by atoms with Crippen LogP contribution in [-0.2, 0) is 0 Å². The van der Waals surface area contributed by atoms with E-state index >= 15 is 0 Å². The highest BCUT2D eigenvalue weighted by molar-refractivity contribution is 5.65. The first-order valence-corrected chi connectivity index (χ1v) is 7.16. The van der Waals surface area contributed by atoms with E-state index in [4.69, 9.17) is 0 Å². The van der Waals surface area contributed by atoms with Crippen molar-refractivity contribution in [3.8, 4) is 0 Å². The van der Waals surface area contributed by atoms with Crippen LogP contribution >= 0.6 is 0 Å². The Balaban J connectivity index is 0.00000121. The number of rotatable bonds is 1. The number of para-hydroxylation sites is 1. The topological polar surface area (TPSA) is 26.2 Å². The van der Waals surface area contributed by atoms with Crippen LogP contribution in [0, 0.1) is 6.92 Å². The van der Waals surface area contributed by atoms with Gasteiger partial charge in [0.05, 0.1) is 0 Å². The maximum atomic E-state index is 3.75. The fraction of sp³-hybridized carbons (Fsp3) is 0.353. The number of nitrogens with one attached hydrogen (secondary N) is 2. The molecule has 3 unspecified atom stereocenters. The van der Waals surface area contributed by atoms with E-state index in [1.165, 1.54) is 35.2 Å². The first-order valence-electron chi connectivity index (χ1n) is 7.16. The second-order valence-electron chi connectivity index (χ2n) is 5.84. The highest BCUT2D eigenvalue weighted by Gasteiger charge is 2.43. The second kappa shape index (κ2) is 5.35. The van der Waals surface area contributed by atoms with Crippen molar-refractivity contribution >= 4 is 5.69 Å². The Bertz CT molecular complexity index is 612. The second-order valence-corrected chi connectivity index (χ2v) is 5.84. The molecule has 1 aliphatic heterocycles. The van der Waals surface area contributed by atoms with E-state index in [1.54, 1.807) is 0 Å². The van der Waals surface area contributed by atoms with Crippen LogP contribution in [0.2, 0.25) is 0 Å². The summed E-state index contributed by atoms with van der Waals surface area (Å²) >= 11 is 0. The molecule has 2 N–H and O–H groups in total. The molecule has 0 bridgehead atoms. The Hall–Kier alpha value is -1.10. The number of fused-ring (bicyclic) bond motifs is 3. The fourth-order valence-corrected chi connectivity index (χ4v) is 3.96. The average molecular weight is 378 g/mol. The Morgan fingerprint density at radius 1 is 1.15 bits per heavy atom. The number of H-pyrrole nitrogens is 1. The van der Waals surface area contributed by atoms with Gasteiger partial charge in [0.15, 0.2) is 12.4 Å². The molecule has 0 radical (unpaired) electrons. The van der Waals surface area contributed by atoms with Gasteiger partial charge in [0.1, 0.15) is 0 Å². The summed E-state index contributed by atoms with van der Waals surface area (Å²) in [6.45, 7) is 2.21. The van der Waals surface area contributed by atoms with E-state index in [1.807, 2.05) is 6.20 Å². The summed E-state index contributed by atoms with van der Waals surface area (Å²) in [4.78, 5) is 3.23. The molecule has 1 aliphatic carbocycles. The molecule has 1 saturated carbocycles. The predicted molar refractivity (Wildman–Crippen MR) is 76.3 cm³/mol. The van der Waals surface area contributed by atoms with Gasteiger partial charge in [-0.3, -0.25) is 0 Å². The van der Waals surface area contributed by atoms with Crippen molar-refractivity contribution in [1.82, 2.24) is 0 Å². The van der Waals surface area contributed by atoms with E-state index in [9.17, 15) is 0 Å². The van der Waals surface area contributed by atoms with Gasteiger partial charge in [0, 0.05) is 29.3 Å². The van der Waals surface area contributed by atoms with Gasteiger partial charge in [-0.05, 0) is 42.9 Å². The lowest BCUT2D eigenvalue weighted by molar-refractivity contribution is -0.378. The van der Waals surface area contributed by atoms with Gasteiger partial charge in [0.25, 0.3) is 0 Å². The van der Waals surface area contributed by atoms with Crippen LogP contribution in [0.5, 0.6) is 0 Å². The molecule has 104 valence electrons. The quantitative estimate of drug-likeness (QED) is 0.709. The van der Waals surface area contributed by atoms with E-state index in [0.717, 1.165) is 0 Å². The lowest BCUT2D eigenvalue weighted by Crippen LogP contribution is -3.00.